The van der Waals surface area contributed by atoms with Crippen LogP contribution < -0.4 is 5.32 Å². The average Bonchev–Trinajstić information content (AvgIpc) is 3.29. The molecule has 3 aromatic rings. The molecule has 1 fully saturated rings. The van der Waals surface area contributed by atoms with E-state index >= 15 is 0 Å². The smallest absolute Gasteiger partial charge is 0.323 e. The lowest BCUT2D eigenvalue weighted by Crippen LogP contribution is -2.42. The lowest BCUT2D eigenvalue weighted by molar-refractivity contribution is 0.187. The van der Waals surface area contributed by atoms with Crippen molar-refractivity contribution in [2.24, 2.45) is 0 Å². The van der Waals surface area contributed by atoms with E-state index in [0.29, 0.717) is 6.54 Å². The van der Waals surface area contributed by atoms with Crippen LogP contribution in [0.25, 0.3) is 11.1 Å². The van der Waals surface area contributed by atoms with Gasteiger partial charge in [-0.05, 0) is 31.4 Å². The van der Waals surface area contributed by atoms with E-state index in [1.165, 1.54) is 0 Å². The Balaban J connectivity index is 1.45. The van der Waals surface area contributed by atoms with Gasteiger partial charge in [0.05, 0.1) is 12.1 Å². The van der Waals surface area contributed by atoms with Crippen LogP contribution in [0.4, 0.5) is 10.6 Å². The van der Waals surface area contributed by atoms with Gasteiger partial charge in [0.25, 0.3) is 0 Å². The summed E-state index contributed by atoms with van der Waals surface area (Å²) in [5.41, 5.74) is 1.67. The summed E-state index contributed by atoms with van der Waals surface area (Å²) in [6.45, 7) is 4.22. The summed E-state index contributed by atoms with van der Waals surface area (Å²) in [7, 11) is 0. The zero-order valence-electron chi connectivity index (χ0n) is 14.9. The number of urea groups is 1. The minimum Gasteiger partial charge on any atom is -0.440 e. The van der Waals surface area contributed by atoms with Gasteiger partial charge in [-0.3, -0.25) is 5.32 Å². The number of nitrogens with one attached hydrogen (secondary N) is 1. The quantitative estimate of drug-likeness (QED) is 0.773. The van der Waals surface area contributed by atoms with Gasteiger partial charge in [0, 0.05) is 25.7 Å². The average molecular weight is 353 g/mol. The van der Waals surface area contributed by atoms with Gasteiger partial charge < -0.3 is 9.32 Å². The molecule has 2 amide bonds. The minimum atomic E-state index is -0.0938. The topological polar surface area (TPSA) is 76.2 Å². The standard InChI is InChI=1S/C19H23N5O2/c1-2-11-24-17(9-10-20-24)22-19(25)23-12-5-6-14(13-23)18-21-15-7-3-4-8-16(15)26-18/h3-4,7-10,14H,2,5-6,11-13H2,1H3,(H,22,25)/t14-/m0/s1. The van der Waals surface area contributed by atoms with Crippen molar-refractivity contribution in [3.05, 3.63) is 42.4 Å². The number of oxazole rings is 1. The van der Waals surface area contributed by atoms with E-state index in [4.69, 9.17) is 4.42 Å². The molecule has 0 unspecified atom stereocenters. The molecule has 0 aliphatic carbocycles. The van der Waals surface area contributed by atoms with E-state index < -0.39 is 0 Å². The summed E-state index contributed by atoms with van der Waals surface area (Å²) in [6.07, 6.45) is 4.59. The lowest BCUT2D eigenvalue weighted by Gasteiger charge is -2.31. The fraction of sp³-hybridized carbons (Fsp3) is 0.421. The minimum absolute atomic E-state index is 0.0938. The van der Waals surface area contributed by atoms with Gasteiger partial charge in [0.15, 0.2) is 11.5 Å². The molecule has 0 saturated carbocycles. The van der Waals surface area contributed by atoms with Crippen LogP contribution in [0.1, 0.15) is 38.0 Å². The maximum absolute atomic E-state index is 12.7. The number of para-hydroxylation sites is 2. The first-order valence-electron chi connectivity index (χ1n) is 9.18. The van der Waals surface area contributed by atoms with Crippen LogP contribution in [0, 0.1) is 0 Å². The molecule has 1 N–H and O–H groups in total. The Labute approximate surface area is 152 Å². The maximum Gasteiger partial charge on any atom is 0.323 e. The second-order valence-corrected chi connectivity index (χ2v) is 6.67. The highest BCUT2D eigenvalue weighted by Gasteiger charge is 2.28. The van der Waals surface area contributed by atoms with Gasteiger partial charge in [0.2, 0.25) is 0 Å². The largest absolute Gasteiger partial charge is 0.440 e. The summed E-state index contributed by atoms with van der Waals surface area (Å²) in [6, 6.07) is 9.50. The number of piperidine rings is 1. The normalized spacial score (nSPS) is 17.6. The Morgan fingerprint density at radius 1 is 1.35 bits per heavy atom. The molecular formula is C19H23N5O2. The van der Waals surface area contributed by atoms with Crippen LogP contribution in [-0.4, -0.2) is 38.8 Å². The number of aromatic nitrogens is 3. The summed E-state index contributed by atoms with van der Waals surface area (Å²) in [5, 5.41) is 7.23. The highest BCUT2D eigenvalue weighted by atomic mass is 16.3. The summed E-state index contributed by atoms with van der Waals surface area (Å²) >= 11 is 0. The molecule has 7 heteroatoms. The van der Waals surface area contributed by atoms with Gasteiger partial charge in [-0.1, -0.05) is 19.1 Å². The highest BCUT2D eigenvalue weighted by Crippen LogP contribution is 2.29. The van der Waals surface area contributed by atoms with E-state index in [1.807, 2.05) is 39.9 Å². The van der Waals surface area contributed by atoms with Gasteiger partial charge in [-0.2, -0.15) is 5.10 Å². The van der Waals surface area contributed by atoms with E-state index in [-0.39, 0.29) is 11.9 Å². The molecule has 3 heterocycles. The number of benzene rings is 1. The zero-order valence-corrected chi connectivity index (χ0v) is 14.9. The summed E-state index contributed by atoms with van der Waals surface area (Å²) in [5.74, 6) is 1.59. The first-order chi connectivity index (χ1) is 12.7. The van der Waals surface area contributed by atoms with Crippen LogP contribution in [-0.2, 0) is 6.54 Å². The van der Waals surface area contributed by atoms with Crippen molar-refractivity contribution < 1.29 is 9.21 Å². The van der Waals surface area contributed by atoms with Crippen molar-refractivity contribution in [1.82, 2.24) is 19.7 Å². The third kappa shape index (κ3) is 3.29. The van der Waals surface area contributed by atoms with Gasteiger partial charge in [0.1, 0.15) is 11.3 Å². The number of nitrogens with zero attached hydrogens (tertiary/aromatic N) is 4. The van der Waals surface area contributed by atoms with Crippen molar-refractivity contribution in [3.63, 3.8) is 0 Å². The second kappa shape index (κ2) is 7.19. The van der Waals surface area contributed by atoms with E-state index in [2.05, 4.69) is 22.3 Å². The second-order valence-electron chi connectivity index (χ2n) is 6.67. The van der Waals surface area contributed by atoms with Crippen LogP contribution in [0.3, 0.4) is 0 Å². The zero-order chi connectivity index (χ0) is 17.9. The number of carbonyl (C=O) groups excluding carboxylic acids is 1. The van der Waals surface area contributed by atoms with E-state index in [9.17, 15) is 4.79 Å². The molecule has 0 spiro atoms. The third-order valence-corrected chi connectivity index (χ3v) is 4.76. The number of amides is 2. The summed E-state index contributed by atoms with van der Waals surface area (Å²) in [4.78, 5) is 19.1. The predicted molar refractivity (Wildman–Crippen MR) is 99.1 cm³/mol. The molecule has 136 valence electrons. The van der Waals surface area contributed by atoms with Gasteiger partial charge >= 0.3 is 6.03 Å². The van der Waals surface area contributed by atoms with Crippen molar-refractivity contribution in [2.45, 2.75) is 38.6 Å². The highest BCUT2D eigenvalue weighted by molar-refractivity contribution is 5.88. The Kier molecular flexibility index (Phi) is 4.60. The number of carbonyl (C=O) groups is 1. The number of hydrogen-bond acceptors (Lipinski definition) is 4. The SMILES string of the molecule is CCCn1nccc1NC(=O)N1CCC[C@H](c2nc3ccccc3o2)C1. The third-order valence-electron chi connectivity index (χ3n) is 4.76. The summed E-state index contributed by atoms with van der Waals surface area (Å²) < 4.78 is 7.73. The number of hydrogen-bond donors (Lipinski definition) is 1. The molecule has 0 radical (unpaired) electrons. The van der Waals surface area contributed by atoms with Gasteiger partial charge in [-0.25, -0.2) is 14.5 Å². The van der Waals surface area contributed by atoms with Crippen molar-refractivity contribution in [3.8, 4) is 0 Å². The van der Waals surface area contributed by atoms with Crippen molar-refractivity contribution in [1.29, 1.82) is 0 Å². The number of aryl methyl sites for hydroxylation is 1. The molecule has 1 saturated heterocycles. The number of anilines is 1. The van der Waals surface area contributed by atoms with Crippen LogP contribution in [0.2, 0.25) is 0 Å². The fourth-order valence-corrected chi connectivity index (χ4v) is 3.45. The lowest BCUT2D eigenvalue weighted by atomic mass is 9.98. The first-order valence-corrected chi connectivity index (χ1v) is 9.18. The van der Waals surface area contributed by atoms with E-state index in [0.717, 1.165) is 55.2 Å². The molecular weight excluding hydrogens is 330 g/mol. The first kappa shape index (κ1) is 16.6. The number of likely N-dealkylation sites (tertiary alicyclic amines) is 1. The molecule has 1 aliphatic heterocycles. The maximum atomic E-state index is 12.7. The molecule has 1 aliphatic rings. The molecule has 0 bridgehead atoms. The molecule has 2 aromatic heterocycles. The van der Waals surface area contributed by atoms with E-state index in [1.54, 1.807) is 6.20 Å². The Hall–Kier alpha value is -2.83. The molecule has 7 nitrogen and oxygen atoms in total. The Morgan fingerprint density at radius 3 is 3.08 bits per heavy atom. The number of rotatable bonds is 4. The molecule has 26 heavy (non-hydrogen) atoms. The molecule has 1 aromatic carbocycles. The van der Waals surface area contributed by atoms with Crippen LogP contribution in [0.5, 0.6) is 0 Å². The van der Waals surface area contributed by atoms with Gasteiger partial charge in [-0.15, -0.1) is 0 Å². The van der Waals surface area contributed by atoms with Crippen molar-refractivity contribution in [2.75, 3.05) is 18.4 Å². The Bertz CT molecular complexity index is 867. The monoisotopic (exact) mass is 353 g/mol. The fourth-order valence-electron chi connectivity index (χ4n) is 3.45. The number of fused-ring (bicyclic) bond motifs is 1. The molecule has 1 atom stereocenters. The Morgan fingerprint density at radius 2 is 2.23 bits per heavy atom. The van der Waals surface area contributed by atoms with Crippen LogP contribution >= 0.6 is 0 Å². The predicted octanol–water partition coefficient (Wildman–Crippen LogP) is 3.85. The van der Waals surface area contributed by atoms with Crippen molar-refractivity contribution >= 4 is 22.9 Å². The van der Waals surface area contributed by atoms with Crippen LogP contribution in [0.15, 0.2) is 40.9 Å². The molecule has 4 rings (SSSR count).